The topological polar surface area (TPSA) is 57.7 Å². The lowest BCUT2D eigenvalue weighted by atomic mass is 10.1. The van der Waals surface area contributed by atoms with Crippen LogP contribution in [0.2, 0.25) is 5.02 Å². The minimum atomic E-state index is -0.406. The van der Waals surface area contributed by atoms with Gasteiger partial charge in [0.05, 0.1) is 16.1 Å². The van der Waals surface area contributed by atoms with Crippen LogP contribution in [0.1, 0.15) is 46.4 Å². The number of rotatable bonds is 3. The fourth-order valence-electron chi connectivity index (χ4n) is 3.00. The Kier molecular flexibility index (Phi) is 4.16. The summed E-state index contributed by atoms with van der Waals surface area (Å²) in [6, 6.07) is 4.83. The lowest BCUT2D eigenvalue weighted by molar-refractivity contribution is -0.132. The first kappa shape index (κ1) is 15.0. The quantitative estimate of drug-likeness (QED) is 0.803. The number of piperidine rings is 1. The Hall–Kier alpha value is -1.88. The maximum Gasteiger partial charge on any atom is 0.263 e. The molecule has 1 aromatic rings. The van der Waals surface area contributed by atoms with Gasteiger partial charge in [-0.15, -0.1) is 0 Å². The van der Waals surface area contributed by atoms with Crippen LogP contribution in [0, 0.1) is 0 Å². The Morgan fingerprint density at radius 3 is 2.50 bits per heavy atom. The highest BCUT2D eigenvalue weighted by molar-refractivity contribution is 6.37. The third-order valence-electron chi connectivity index (χ3n) is 4.21. The van der Waals surface area contributed by atoms with Crippen LogP contribution in [0.4, 0.5) is 0 Å². The van der Waals surface area contributed by atoms with Crippen LogP contribution in [0.3, 0.4) is 0 Å². The molecule has 6 heteroatoms. The number of carbonyl (C=O) groups is 3. The van der Waals surface area contributed by atoms with Gasteiger partial charge in [0.25, 0.3) is 11.8 Å². The largest absolute Gasteiger partial charge is 0.343 e. The van der Waals surface area contributed by atoms with Gasteiger partial charge in [0, 0.05) is 26.1 Å². The number of fused-ring (bicyclic) bond motifs is 1. The van der Waals surface area contributed by atoms with E-state index in [4.69, 9.17) is 11.6 Å². The summed E-state index contributed by atoms with van der Waals surface area (Å²) in [5, 5.41) is 0.278. The van der Waals surface area contributed by atoms with Crippen LogP contribution in [-0.4, -0.2) is 47.2 Å². The second-order valence-corrected chi connectivity index (χ2v) is 6.02. The molecule has 0 radical (unpaired) electrons. The van der Waals surface area contributed by atoms with Gasteiger partial charge in [-0.3, -0.25) is 19.3 Å². The number of imide groups is 1. The van der Waals surface area contributed by atoms with E-state index in [0.717, 1.165) is 37.3 Å². The smallest absolute Gasteiger partial charge is 0.263 e. The Bertz CT molecular complexity index is 638. The molecule has 2 heterocycles. The number of halogens is 1. The summed E-state index contributed by atoms with van der Waals surface area (Å²) in [6.07, 6.45) is 3.37. The van der Waals surface area contributed by atoms with E-state index in [2.05, 4.69) is 0 Å². The lowest BCUT2D eigenvalue weighted by Crippen LogP contribution is -2.39. The van der Waals surface area contributed by atoms with E-state index in [1.807, 2.05) is 4.90 Å². The third-order valence-corrected chi connectivity index (χ3v) is 4.52. The average Bonchev–Trinajstić information content (AvgIpc) is 2.78. The molecule has 1 saturated heterocycles. The van der Waals surface area contributed by atoms with Gasteiger partial charge in [-0.2, -0.15) is 0 Å². The Morgan fingerprint density at radius 1 is 1.09 bits per heavy atom. The van der Waals surface area contributed by atoms with Gasteiger partial charge in [0.2, 0.25) is 5.91 Å². The van der Waals surface area contributed by atoms with Gasteiger partial charge < -0.3 is 4.90 Å². The number of hydrogen-bond acceptors (Lipinski definition) is 3. The highest BCUT2D eigenvalue weighted by Gasteiger charge is 2.37. The molecule has 0 aliphatic carbocycles. The van der Waals surface area contributed by atoms with Gasteiger partial charge in [-0.1, -0.05) is 17.7 Å². The summed E-state index contributed by atoms with van der Waals surface area (Å²) in [5.41, 5.74) is 0.572. The first-order valence-corrected chi connectivity index (χ1v) is 7.90. The molecule has 1 aromatic carbocycles. The number of likely N-dealkylation sites (tertiary alicyclic amines) is 1. The highest BCUT2D eigenvalue weighted by Crippen LogP contribution is 2.29. The Morgan fingerprint density at radius 2 is 1.82 bits per heavy atom. The average molecular weight is 321 g/mol. The Balaban J connectivity index is 1.67. The van der Waals surface area contributed by atoms with Crippen molar-refractivity contribution in [3.05, 3.63) is 34.3 Å². The fourth-order valence-corrected chi connectivity index (χ4v) is 3.26. The summed E-state index contributed by atoms with van der Waals surface area (Å²) in [7, 11) is 0. The minimum Gasteiger partial charge on any atom is -0.343 e. The van der Waals surface area contributed by atoms with Crippen LogP contribution >= 0.6 is 11.6 Å². The molecule has 1 fully saturated rings. The maximum atomic E-state index is 12.3. The zero-order chi connectivity index (χ0) is 15.7. The van der Waals surface area contributed by atoms with Crippen LogP contribution in [0.15, 0.2) is 18.2 Å². The summed E-state index contributed by atoms with van der Waals surface area (Å²) < 4.78 is 0. The standard InChI is InChI=1S/C16H17ClN2O3/c17-12-6-4-5-11-14(12)16(22)19(15(11)21)10-7-13(20)18-8-2-1-3-9-18/h4-6H,1-3,7-10H2. The van der Waals surface area contributed by atoms with E-state index in [1.165, 1.54) is 0 Å². The molecule has 0 N–H and O–H groups in total. The second kappa shape index (κ2) is 6.08. The lowest BCUT2D eigenvalue weighted by Gasteiger charge is -2.27. The van der Waals surface area contributed by atoms with E-state index >= 15 is 0 Å². The molecule has 0 aromatic heterocycles. The van der Waals surface area contributed by atoms with Crippen molar-refractivity contribution in [2.45, 2.75) is 25.7 Å². The molecule has 0 saturated carbocycles. The van der Waals surface area contributed by atoms with Gasteiger partial charge >= 0.3 is 0 Å². The summed E-state index contributed by atoms with van der Waals surface area (Å²) in [4.78, 5) is 39.7. The van der Waals surface area contributed by atoms with Crippen LogP contribution < -0.4 is 0 Å². The van der Waals surface area contributed by atoms with Crippen molar-refractivity contribution in [2.75, 3.05) is 19.6 Å². The molecule has 0 unspecified atom stereocenters. The molecule has 0 spiro atoms. The van der Waals surface area contributed by atoms with E-state index in [9.17, 15) is 14.4 Å². The molecular formula is C16H17ClN2O3. The molecule has 116 valence electrons. The van der Waals surface area contributed by atoms with Crippen molar-refractivity contribution in [1.29, 1.82) is 0 Å². The zero-order valence-corrected chi connectivity index (χ0v) is 12.9. The summed E-state index contributed by atoms with van der Waals surface area (Å²) >= 11 is 6.00. The van der Waals surface area contributed by atoms with Crippen molar-refractivity contribution in [2.24, 2.45) is 0 Å². The summed E-state index contributed by atoms with van der Waals surface area (Å²) in [5.74, 6) is -0.770. The molecule has 0 atom stereocenters. The first-order valence-electron chi connectivity index (χ1n) is 7.52. The molecule has 2 aliphatic rings. The van der Waals surface area contributed by atoms with E-state index in [0.29, 0.717) is 5.56 Å². The van der Waals surface area contributed by atoms with Crippen LogP contribution in [0.25, 0.3) is 0 Å². The van der Waals surface area contributed by atoms with Gasteiger partial charge in [-0.25, -0.2) is 0 Å². The zero-order valence-electron chi connectivity index (χ0n) is 12.2. The van der Waals surface area contributed by atoms with Crippen molar-refractivity contribution in [3.63, 3.8) is 0 Å². The number of hydrogen-bond donors (Lipinski definition) is 0. The molecule has 3 rings (SSSR count). The normalized spacial score (nSPS) is 17.9. The van der Waals surface area contributed by atoms with E-state index in [1.54, 1.807) is 18.2 Å². The summed E-state index contributed by atoms with van der Waals surface area (Å²) in [6.45, 7) is 1.65. The van der Waals surface area contributed by atoms with Gasteiger partial charge in [-0.05, 0) is 31.4 Å². The van der Waals surface area contributed by atoms with Crippen molar-refractivity contribution >= 4 is 29.3 Å². The predicted octanol–water partition coefficient (Wildman–Crippen LogP) is 2.34. The van der Waals surface area contributed by atoms with Crippen molar-refractivity contribution in [1.82, 2.24) is 9.80 Å². The third kappa shape index (κ3) is 2.61. The first-order chi connectivity index (χ1) is 10.6. The monoisotopic (exact) mass is 320 g/mol. The molecule has 0 bridgehead atoms. The molecule has 5 nitrogen and oxygen atoms in total. The number of amides is 3. The maximum absolute atomic E-state index is 12.3. The number of carbonyl (C=O) groups excluding carboxylic acids is 3. The predicted molar refractivity (Wildman–Crippen MR) is 81.9 cm³/mol. The molecule has 2 aliphatic heterocycles. The van der Waals surface area contributed by atoms with E-state index in [-0.39, 0.29) is 35.4 Å². The van der Waals surface area contributed by atoms with E-state index < -0.39 is 5.91 Å². The fraction of sp³-hybridized carbons (Fsp3) is 0.438. The van der Waals surface area contributed by atoms with Crippen molar-refractivity contribution in [3.8, 4) is 0 Å². The Labute approximate surface area is 133 Å². The molecule has 22 heavy (non-hydrogen) atoms. The van der Waals surface area contributed by atoms with Gasteiger partial charge in [0.15, 0.2) is 0 Å². The van der Waals surface area contributed by atoms with Crippen LogP contribution in [-0.2, 0) is 4.79 Å². The highest BCUT2D eigenvalue weighted by atomic mass is 35.5. The molecular weight excluding hydrogens is 304 g/mol. The minimum absolute atomic E-state index is 0.00218. The second-order valence-electron chi connectivity index (χ2n) is 5.62. The number of benzene rings is 1. The van der Waals surface area contributed by atoms with Crippen molar-refractivity contribution < 1.29 is 14.4 Å². The SMILES string of the molecule is O=C(CCN1C(=O)c2cccc(Cl)c2C1=O)N1CCCCC1. The number of nitrogens with zero attached hydrogens (tertiary/aromatic N) is 2. The molecule has 3 amide bonds. The van der Waals surface area contributed by atoms with Crippen LogP contribution in [0.5, 0.6) is 0 Å². The van der Waals surface area contributed by atoms with Gasteiger partial charge in [0.1, 0.15) is 0 Å².